The minimum absolute atomic E-state index is 0.191. The van der Waals surface area contributed by atoms with E-state index in [1.807, 2.05) is 0 Å². The molecule has 2 heterocycles. The fraction of sp³-hybridized carbons (Fsp3) is 0. The van der Waals surface area contributed by atoms with Crippen LogP contribution in [0.4, 0.5) is 0 Å². The molecule has 0 atom stereocenters. The van der Waals surface area contributed by atoms with E-state index in [0.717, 1.165) is 11.4 Å². The molecule has 2 aromatic heterocycles. The molecule has 2 N–H and O–H groups in total. The second-order valence-corrected chi connectivity index (χ2v) is 5.36. The predicted molar refractivity (Wildman–Crippen MR) is 92.9 cm³/mol. The van der Waals surface area contributed by atoms with Crippen LogP contribution in [0.2, 0.25) is 0 Å². The maximum Gasteiger partial charge on any atom is 0.330 e. The molecule has 0 amide bonds. The fourth-order valence-electron chi connectivity index (χ4n) is 2.53. The van der Waals surface area contributed by atoms with E-state index in [0.29, 0.717) is 11.5 Å². The van der Waals surface area contributed by atoms with Gasteiger partial charge in [-0.25, -0.2) is 9.59 Å². The number of rotatable bonds is 4. The third kappa shape index (κ3) is 2.90. The van der Waals surface area contributed by atoms with Gasteiger partial charge in [0.25, 0.3) is 0 Å². The molecule has 0 radical (unpaired) electrons. The van der Waals surface area contributed by atoms with Gasteiger partial charge in [0.05, 0.1) is 11.4 Å². The first-order valence-electron chi connectivity index (χ1n) is 7.61. The number of imidazole rings is 2. The topological polar surface area (TPSA) is 84.8 Å². The smallest absolute Gasteiger partial charge is 0.330 e. The Balaban J connectivity index is 1.52. The highest BCUT2D eigenvalue weighted by atomic mass is 16.5. The van der Waals surface area contributed by atoms with Crippen LogP contribution in [-0.4, -0.2) is 19.1 Å². The lowest BCUT2D eigenvalue weighted by atomic mass is 10.3. The zero-order valence-corrected chi connectivity index (χ0v) is 13.0. The van der Waals surface area contributed by atoms with Gasteiger partial charge >= 0.3 is 11.4 Å². The molecule has 0 unspecified atom stereocenters. The van der Waals surface area contributed by atoms with Crippen LogP contribution in [0, 0.1) is 0 Å². The predicted octanol–water partition coefficient (Wildman–Crippen LogP) is 2.44. The average molecular weight is 334 g/mol. The van der Waals surface area contributed by atoms with Gasteiger partial charge in [-0.1, -0.05) is 0 Å². The van der Waals surface area contributed by atoms with Gasteiger partial charge in [0.2, 0.25) is 0 Å². The highest BCUT2D eigenvalue weighted by Crippen LogP contribution is 2.23. The lowest BCUT2D eigenvalue weighted by Gasteiger charge is -2.08. The number of aromatic nitrogens is 4. The summed E-state index contributed by atoms with van der Waals surface area (Å²) in [6, 6.07) is 14.4. The number of ether oxygens (including phenoxy) is 1. The summed E-state index contributed by atoms with van der Waals surface area (Å²) >= 11 is 0. The maximum absolute atomic E-state index is 11.6. The Morgan fingerprint density at radius 1 is 0.640 bits per heavy atom. The first-order valence-corrected chi connectivity index (χ1v) is 7.61. The summed E-state index contributed by atoms with van der Waals surface area (Å²) in [5.41, 5.74) is 1.12. The third-order valence-electron chi connectivity index (χ3n) is 3.76. The number of hydrogen-bond acceptors (Lipinski definition) is 3. The van der Waals surface area contributed by atoms with Crippen LogP contribution in [0.25, 0.3) is 11.4 Å². The van der Waals surface area contributed by atoms with Crippen LogP contribution >= 0.6 is 0 Å². The van der Waals surface area contributed by atoms with Crippen LogP contribution < -0.4 is 16.1 Å². The molecule has 2 aromatic carbocycles. The fourth-order valence-corrected chi connectivity index (χ4v) is 2.53. The van der Waals surface area contributed by atoms with Crippen LogP contribution in [0.1, 0.15) is 0 Å². The molecule has 4 rings (SSSR count). The molecule has 0 spiro atoms. The van der Waals surface area contributed by atoms with Crippen molar-refractivity contribution >= 4 is 0 Å². The Labute approximate surface area is 141 Å². The standard InChI is InChI=1S/C18H14N4O3/c23-17-19-9-11-21(17)13-1-5-15(6-2-13)25-16-7-3-14(4-8-16)22-12-10-20-18(22)24/h1-12H,(H,19,23)(H,20,24). The van der Waals surface area contributed by atoms with E-state index in [-0.39, 0.29) is 11.4 Å². The van der Waals surface area contributed by atoms with Gasteiger partial charge in [-0.05, 0) is 48.5 Å². The van der Waals surface area contributed by atoms with Gasteiger partial charge in [0.15, 0.2) is 0 Å². The summed E-state index contributed by atoms with van der Waals surface area (Å²) in [5.74, 6) is 1.30. The SMILES string of the molecule is O=c1[nH]ccn1-c1ccc(Oc2ccc(-n3cc[nH]c3=O)cc2)cc1. The molecule has 0 saturated carbocycles. The van der Waals surface area contributed by atoms with Crippen LogP contribution in [0.3, 0.4) is 0 Å². The first kappa shape index (κ1) is 14.8. The van der Waals surface area contributed by atoms with Crippen molar-refractivity contribution in [3.8, 4) is 22.9 Å². The van der Waals surface area contributed by atoms with E-state index in [2.05, 4.69) is 9.97 Å². The van der Waals surface area contributed by atoms with Crippen LogP contribution in [0.5, 0.6) is 11.5 Å². The summed E-state index contributed by atoms with van der Waals surface area (Å²) in [4.78, 5) is 28.4. The summed E-state index contributed by atoms with van der Waals surface area (Å²) in [7, 11) is 0. The van der Waals surface area contributed by atoms with E-state index in [9.17, 15) is 9.59 Å². The molecule has 25 heavy (non-hydrogen) atoms. The summed E-state index contributed by atoms with van der Waals surface area (Å²) < 4.78 is 8.81. The van der Waals surface area contributed by atoms with Gasteiger partial charge in [-0.3, -0.25) is 9.13 Å². The lowest BCUT2D eigenvalue weighted by molar-refractivity contribution is 0.482. The van der Waals surface area contributed by atoms with Crippen LogP contribution in [-0.2, 0) is 0 Å². The lowest BCUT2D eigenvalue weighted by Crippen LogP contribution is -2.13. The number of nitrogens with one attached hydrogen (secondary N) is 2. The molecule has 7 nitrogen and oxygen atoms in total. The Kier molecular flexibility index (Phi) is 3.59. The largest absolute Gasteiger partial charge is 0.457 e. The molecule has 124 valence electrons. The number of nitrogens with zero attached hydrogens (tertiary/aromatic N) is 2. The van der Waals surface area contributed by atoms with Crippen molar-refractivity contribution in [2.45, 2.75) is 0 Å². The molecule has 0 saturated heterocycles. The van der Waals surface area contributed by atoms with Gasteiger partial charge < -0.3 is 14.7 Å². The second kappa shape index (κ2) is 6.04. The van der Waals surface area contributed by atoms with Crippen molar-refractivity contribution < 1.29 is 4.74 Å². The number of benzene rings is 2. The van der Waals surface area contributed by atoms with E-state index in [4.69, 9.17) is 4.74 Å². The zero-order chi connectivity index (χ0) is 17.2. The Hall–Kier alpha value is -3.74. The van der Waals surface area contributed by atoms with Crippen molar-refractivity contribution in [3.05, 3.63) is 94.3 Å². The quantitative estimate of drug-likeness (QED) is 0.601. The second-order valence-electron chi connectivity index (χ2n) is 5.36. The summed E-state index contributed by atoms with van der Waals surface area (Å²) in [6.45, 7) is 0. The molecule has 0 fully saturated rings. The number of hydrogen-bond donors (Lipinski definition) is 2. The van der Waals surface area contributed by atoms with Gasteiger partial charge in [0.1, 0.15) is 11.5 Å². The average Bonchev–Trinajstić information content (AvgIpc) is 3.25. The molecular formula is C18H14N4O3. The van der Waals surface area contributed by atoms with Gasteiger partial charge in [-0.2, -0.15) is 0 Å². The summed E-state index contributed by atoms with van der Waals surface area (Å²) in [6.07, 6.45) is 6.51. The normalized spacial score (nSPS) is 10.7. The molecule has 4 aromatic rings. The van der Waals surface area contributed by atoms with Gasteiger partial charge in [0, 0.05) is 24.8 Å². The van der Waals surface area contributed by atoms with E-state index in [1.165, 1.54) is 9.13 Å². The minimum atomic E-state index is -0.191. The van der Waals surface area contributed by atoms with Gasteiger partial charge in [-0.15, -0.1) is 0 Å². The van der Waals surface area contributed by atoms with Crippen molar-refractivity contribution in [2.24, 2.45) is 0 Å². The minimum Gasteiger partial charge on any atom is -0.457 e. The number of aromatic amines is 2. The van der Waals surface area contributed by atoms with E-state index >= 15 is 0 Å². The van der Waals surface area contributed by atoms with Crippen molar-refractivity contribution in [3.63, 3.8) is 0 Å². The van der Waals surface area contributed by atoms with E-state index in [1.54, 1.807) is 73.3 Å². The molecule has 7 heteroatoms. The third-order valence-corrected chi connectivity index (χ3v) is 3.76. The molecular weight excluding hydrogens is 320 g/mol. The Morgan fingerprint density at radius 3 is 1.36 bits per heavy atom. The Bertz CT molecular complexity index is 1010. The summed E-state index contributed by atoms with van der Waals surface area (Å²) in [5, 5.41) is 0. The van der Waals surface area contributed by atoms with Crippen molar-refractivity contribution in [2.75, 3.05) is 0 Å². The molecule has 0 aliphatic carbocycles. The first-order chi connectivity index (χ1) is 12.2. The maximum atomic E-state index is 11.6. The highest BCUT2D eigenvalue weighted by Gasteiger charge is 2.03. The van der Waals surface area contributed by atoms with Crippen molar-refractivity contribution in [1.29, 1.82) is 0 Å². The highest BCUT2D eigenvalue weighted by molar-refractivity contribution is 5.42. The molecule has 0 aliphatic rings. The van der Waals surface area contributed by atoms with E-state index < -0.39 is 0 Å². The molecule has 0 bridgehead atoms. The Morgan fingerprint density at radius 2 is 1.04 bits per heavy atom. The monoisotopic (exact) mass is 334 g/mol. The zero-order valence-electron chi connectivity index (χ0n) is 13.0. The molecule has 0 aliphatic heterocycles. The number of H-pyrrole nitrogens is 2. The van der Waals surface area contributed by atoms with Crippen molar-refractivity contribution in [1.82, 2.24) is 19.1 Å². The van der Waals surface area contributed by atoms with Crippen LogP contribution in [0.15, 0.2) is 82.9 Å².